The minimum atomic E-state index is -3.79. The lowest BCUT2D eigenvalue weighted by Crippen LogP contribution is -2.33. The van der Waals surface area contributed by atoms with Crippen molar-refractivity contribution in [2.45, 2.75) is 17.9 Å². The van der Waals surface area contributed by atoms with E-state index in [1.165, 1.54) is 32.2 Å². The van der Waals surface area contributed by atoms with E-state index in [4.69, 9.17) is 4.74 Å². The van der Waals surface area contributed by atoms with Crippen molar-refractivity contribution in [1.29, 1.82) is 0 Å². The van der Waals surface area contributed by atoms with E-state index in [2.05, 4.69) is 5.32 Å². The van der Waals surface area contributed by atoms with Gasteiger partial charge in [-0.2, -0.15) is 0 Å². The molecule has 2 rings (SSSR count). The average Bonchev–Trinajstić information content (AvgIpc) is 2.54. The number of nitrogens with one attached hydrogen (secondary N) is 1. The molecule has 0 heterocycles. The van der Waals surface area contributed by atoms with Gasteiger partial charge in [0.25, 0.3) is 0 Å². The zero-order chi connectivity index (χ0) is 17.7. The van der Waals surface area contributed by atoms with Crippen molar-refractivity contribution in [3.05, 3.63) is 59.9 Å². The Hall–Kier alpha value is -2.41. The Bertz CT molecular complexity index is 836. The van der Waals surface area contributed by atoms with Gasteiger partial charge in [-0.1, -0.05) is 24.3 Å². The Balaban J connectivity index is 2.14. The van der Waals surface area contributed by atoms with Crippen LogP contribution >= 0.6 is 0 Å². The monoisotopic (exact) mass is 351 g/mol. The summed E-state index contributed by atoms with van der Waals surface area (Å²) in [6, 6.07) is 12.0. The van der Waals surface area contributed by atoms with Gasteiger partial charge in [-0.3, -0.25) is 4.79 Å². The smallest absolute Gasteiger partial charge is 0.242 e. The van der Waals surface area contributed by atoms with E-state index in [1.54, 1.807) is 24.3 Å². The first-order valence-corrected chi connectivity index (χ1v) is 8.95. The molecule has 0 aromatic heterocycles. The molecule has 128 valence electrons. The van der Waals surface area contributed by atoms with E-state index in [1.807, 2.05) is 0 Å². The summed E-state index contributed by atoms with van der Waals surface area (Å²) in [5.41, 5.74) is 0.685. The molecule has 24 heavy (non-hydrogen) atoms. The number of hydrogen-bond donors (Lipinski definition) is 1. The molecule has 1 amide bonds. The van der Waals surface area contributed by atoms with Gasteiger partial charge in [0.2, 0.25) is 5.91 Å². The van der Waals surface area contributed by atoms with Crippen LogP contribution in [-0.2, 0) is 20.4 Å². The molecule has 1 unspecified atom stereocenters. The normalized spacial score (nSPS) is 12.5. The zero-order valence-electron chi connectivity index (χ0n) is 13.3. The Kier molecular flexibility index (Phi) is 5.56. The number of carbonyl (C=O) groups is 1. The molecule has 0 saturated carbocycles. The molecule has 2 aromatic carbocycles. The van der Waals surface area contributed by atoms with Gasteiger partial charge in [0.05, 0.1) is 18.6 Å². The van der Waals surface area contributed by atoms with Gasteiger partial charge in [0.1, 0.15) is 16.8 Å². The fourth-order valence-electron chi connectivity index (χ4n) is 2.13. The van der Waals surface area contributed by atoms with Gasteiger partial charge < -0.3 is 10.1 Å². The lowest BCUT2D eigenvalue weighted by Gasteiger charge is -2.15. The molecule has 7 heteroatoms. The fourth-order valence-corrected chi connectivity index (χ4v) is 3.41. The summed E-state index contributed by atoms with van der Waals surface area (Å²) >= 11 is 0. The molecule has 2 aromatic rings. The van der Waals surface area contributed by atoms with Crippen molar-refractivity contribution >= 4 is 21.4 Å². The maximum Gasteiger partial charge on any atom is 0.242 e. The molecule has 0 aliphatic carbocycles. The first-order chi connectivity index (χ1) is 11.3. The van der Waals surface area contributed by atoms with Gasteiger partial charge in [-0.15, -0.1) is 0 Å². The molecule has 1 atom stereocenters. The summed E-state index contributed by atoms with van der Waals surface area (Å²) in [4.78, 5) is 12.3. The number of sulfone groups is 1. The predicted molar refractivity (Wildman–Crippen MR) is 90.1 cm³/mol. The molecule has 0 spiro atoms. The van der Waals surface area contributed by atoms with Crippen molar-refractivity contribution in [2.75, 3.05) is 12.4 Å². The van der Waals surface area contributed by atoms with Crippen LogP contribution in [0.4, 0.5) is 10.1 Å². The second kappa shape index (κ2) is 7.44. The average molecular weight is 351 g/mol. The van der Waals surface area contributed by atoms with Crippen molar-refractivity contribution in [3.8, 4) is 5.75 Å². The van der Waals surface area contributed by atoms with E-state index in [0.717, 1.165) is 6.07 Å². The number of ether oxygens (including phenoxy) is 1. The molecule has 0 aliphatic rings. The number of hydrogen-bond acceptors (Lipinski definition) is 4. The molecule has 0 fully saturated rings. The van der Waals surface area contributed by atoms with Crippen molar-refractivity contribution in [2.24, 2.45) is 0 Å². The standard InChI is InChI=1S/C17H18FNO4S/c1-12(17(20)19-15-8-3-4-9-16(15)23-2)24(21,22)11-13-6-5-7-14(18)10-13/h3-10,12H,11H2,1-2H3,(H,19,20). The predicted octanol–water partition coefficient (Wildman–Crippen LogP) is 2.78. The van der Waals surface area contributed by atoms with Gasteiger partial charge in [-0.25, -0.2) is 12.8 Å². The number of amides is 1. The molecular weight excluding hydrogens is 333 g/mol. The van der Waals surface area contributed by atoms with Crippen LogP contribution in [0.3, 0.4) is 0 Å². The Morgan fingerprint density at radius 2 is 1.92 bits per heavy atom. The van der Waals surface area contributed by atoms with E-state index in [0.29, 0.717) is 17.0 Å². The summed E-state index contributed by atoms with van der Waals surface area (Å²) < 4.78 is 43.1. The van der Waals surface area contributed by atoms with E-state index < -0.39 is 32.6 Å². The minimum absolute atomic E-state index is 0.298. The lowest BCUT2D eigenvalue weighted by molar-refractivity contribution is -0.115. The maximum absolute atomic E-state index is 13.2. The number of rotatable bonds is 6. The van der Waals surface area contributed by atoms with Crippen LogP contribution in [-0.4, -0.2) is 26.7 Å². The number of carbonyl (C=O) groups excluding carboxylic acids is 1. The molecule has 0 radical (unpaired) electrons. The molecule has 0 bridgehead atoms. The van der Waals surface area contributed by atoms with Crippen LogP contribution in [0.1, 0.15) is 12.5 Å². The number of benzene rings is 2. The highest BCUT2D eigenvalue weighted by atomic mass is 32.2. The van der Waals surface area contributed by atoms with Crippen molar-refractivity contribution < 1.29 is 22.3 Å². The topological polar surface area (TPSA) is 72.5 Å². The van der Waals surface area contributed by atoms with Gasteiger partial charge in [-0.05, 0) is 36.8 Å². The summed E-state index contributed by atoms with van der Waals surface area (Å²) in [6.45, 7) is 1.30. The highest BCUT2D eigenvalue weighted by molar-refractivity contribution is 7.92. The number of methoxy groups -OCH3 is 1. The van der Waals surface area contributed by atoms with E-state index in [-0.39, 0.29) is 0 Å². The number of halogens is 1. The number of para-hydroxylation sites is 2. The fraction of sp³-hybridized carbons (Fsp3) is 0.235. The Morgan fingerprint density at radius 3 is 2.58 bits per heavy atom. The maximum atomic E-state index is 13.2. The molecular formula is C17H18FNO4S. The van der Waals surface area contributed by atoms with Crippen LogP contribution in [0.15, 0.2) is 48.5 Å². The quantitative estimate of drug-likeness (QED) is 0.869. The Labute approximate surface area is 140 Å². The summed E-state index contributed by atoms with van der Waals surface area (Å²) in [5.74, 6) is -1.17. The van der Waals surface area contributed by atoms with Crippen LogP contribution < -0.4 is 10.1 Å². The summed E-state index contributed by atoms with van der Waals surface area (Å²) in [7, 11) is -2.34. The second-order valence-electron chi connectivity index (χ2n) is 5.27. The third-order valence-electron chi connectivity index (χ3n) is 3.53. The van der Waals surface area contributed by atoms with Crippen molar-refractivity contribution in [1.82, 2.24) is 0 Å². The van der Waals surface area contributed by atoms with Crippen molar-refractivity contribution in [3.63, 3.8) is 0 Å². The first-order valence-electron chi connectivity index (χ1n) is 7.23. The number of anilines is 1. The van der Waals surface area contributed by atoms with Gasteiger partial charge in [0.15, 0.2) is 9.84 Å². The molecule has 5 nitrogen and oxygen atoms in total. The van der Waals surface area contributed by atoms with Crippen LogP contribution in [0.5, 0.6) is 5.75 Å². The molecule has 0 saturated heterocycles. The van der Waals surface area contributed by atoms with Gasteiger partial charge in [0, 0.05) is 0 Å². The highest BCUT2D eigenvalue weighted by Gasteiger charge is 2.28. The molecule has 1 N–H and O–H groups in total. The zero-order valence-corrected chi connectivity index (χ0v) is 14.1. The SMILES string of the molecule is COc1ccccc1NC(=O)C(C)S(=O)(=O)Cc1cccc(F)c1. The highest BCUT2D eigenvalue weighted by Crippen LogP contribution is 2.24. The summed E-state index contributed by atoms with van der Waals surface area (Å²) in [5, 5.41) is 1.26. The second-order valence-corrected chi connectivity index (χ2v) is 7.59. The van der Waals surface area contributed by atoms with Crippen LogP contribution in [0.2, 0.25) is 0 Å². The van der Waals surface area contributed by atoms with Crippen LogP contribution in [0, 0.1) is 5.82 Å². The lowest BCUT2D eigenvalue weighted by atomic mass is 10.2. The first kappa shape index (κ1) is 17.9. The van der Waals surface area contributed by atoms with E-state index >= 15 is 0 Å². The Morgan fingerprint density at radius 1 is 1.21 bits per heavy atom. The third kappa shape index (κ3) is 4.32. The van der Waals surface area contributed by atoms with Gasteiger partial charge >= 0.3 is 0 Å². The van der Waals surface area contributed by atoms with Crippen LogP contribution in [0.25, 0.3) is 0 Å². The minimum Gasteiger partial charge on any atom is -0.495 e. The molecule has 0 aliphatic heterocycles. The third-order valence-corrected chi connectivity index (χ3v) is 5.56. The van der Waals surface area contributed by atoms with E-state index in [9.17, 15) is 17.6 Å². The largest absolute Gasteiger partial charge is 0.495 e. The summed E-state index contributed by atoms with van der Waals surface area (Å²) in [6.07, 6.45) is 0.